The molecule has 1 heterocycles. The first kappa shape index (κ1) is 13.7. The Hall–Kier alpha value is -0.730. The molecule has 0 saturated carbocycles. The molecule has 1 unspecified atom stereocenters. The van der Waals surface area contributed by atoms with E-state index in [1.165, 1.54) is 0 Å². The van der Waals surface area contributed by atoms with Crippen LogP contribution in [0.5, 0.6) is 0 Å². The van der Waals surface area contributed by atoms with Gasteiger partial charge in [0, 0.05) is 29.1 Å². The summed E-state index contributed by atoms with van der Waals surface area (Å²) in [5.74, 6) is 0.561. The maximum atomic E-state index is 12.6. The molecule has 4 heteroatoms. The number of hydrogen-bond acceptors (Lipinski definition) is 1. The van der Waals surface area contributed by atoms with Crippen LogP contribution in [-0.2, 0) is 0 Å². The van der Waals surface area contributed by atoms with Crippen molar-refractivity contribution in [3.63, 3.8) is 0 Å². The lowest BCUT2D eigenvalue weighted by molar-refractivity contribution is 0.0638. The maximum Gasteiger partial charge on any atom is 0.254 e. The molecule has 0 radical (unpaired) electrons. The number of amides is 1. The number of carbonyl (C=O) groups is 1. The lowest BCUT2D eigenvalue weighted by atomic mass is 10.0. The van der Waals surface area contributed by atoms with Gasteiger partial charge in [-0.05, 0) is 43.9 Å². The van der Waals surface area contributed by atoms with Crippen molar-refractivity contribution in [3.05, 3.63) is 34.3 Å². The topological polar surface area (TPSA) is 20.3 Å². The van der Waals surface area contributed by atoms with Crippen molar-refractivity contribution < 1.29 is 4.79 Å². The maximum absolute atomic E-state index is 12.6. The molecule has 1 aliphatic rings. The van der Waals surface area contributed by atoms with Crippen LogP contribution in [-0.4, -0.2) is 29.3 Å². The van der Waals surface area contributed by atoms with E-state index in [1.807, 2.05) is 24.0 Å². The smallest absolute Gasteiger partial charge is 0.254 e. The highest BCUT2D eigenvalue weighted by Gasteiger charge is 2.27. The van der Waals surface area contributed by atoms with Gasteiger partial charge in [0.05, 0.1) is 0 Å². The Kier molecular flexibility index (Phi) is 4.52. The third kappa shape index (κ3) is 2.81. The molecule has 2 rings (SSSR count). The lowest BCUT2D eigenvalue weighted by Crippen LogP contribution is -2.44. The minimum atomic E-state index is 0.0559. The second-order valence-electron chi connectivity index (χ2n) is 4.76. The zero-order valence-electron chi connectivity index (χ0n) is 10.5. The van der Waals surface area contributed by atoms with Crippen molar-refractivity contribution >= 4 is 29.1 Å². The van der Waals surface area contributed by atoms with Gasteiger partial charge in [0.25, 0.3) is 5.91 Å². The molecular weight excluding hydrogens is 269 g/mol. The summed E-state index contributed by atoms with van der Waals surface area (Å²) in [4.78, 5) is 14.4. The Morgan fingerprint density at radius 1 is 1.44 bits per heavy atom. The molecule has 1 saturated heterocycles. The van der Waals surface area contributed by atoms with E-state index in [2.05, 4.69) is 0 Å². The van der Waals surface area contributed by atoms with Crippen molar-refractivity contribution in [3.8, 4) is 0 Å². The predicted octanol–water partition coefficient (Wildman–Crippen LogP) is 3.88. The molecule has 1 aromatic rings. The quantitative estimate of drug-likeness (QED) is 0.755. The molecule has 0 bridgehead atoms. The molecule has 0 aromatic heterocycles. The van der Waals surface area contributed by atoms with Crippen LogP contribution in [0, 0.1) is 6.92 Å². The summed E-state index contributed by atoms with van der Waals surface area (Å²) in [5.41, 5.74) is 1.66. The van der Waals surface area contributed by atoms with Crippen LogP contribution in [0.25, 0.3) is 0 Å². The summed E-state index contributed by atoms with van der Waals surface area (Å²) in [5, 5.41) is 0.600. The molecule has 1 amide bonds. The van der Waals surface area contributed by atoms with Crippen LogP contribution >= 0.6 is 23.2 Å². The third-order valence-corrected chi connectivity index (χ3v) is 4.09. The van der Waals surface area contributed by atoms with Gasteiger partial charge in [0.15, 0.2) is 0 Å². The first-order valence-corrected chi connectivity index (χ1v) is 7.18. The number of carbonyl (C=O) groups excluding carboxylic acids is 1. The molecule has 1 atom stereocenters. The molecule has 18 heavy (non-hydrogen) atoms. The highest BCUT2D eigenvalue weighted by Crippen LogP contribution is 2.23. The molecule has 1 aliphatic heterocycles. The minimum absolute atomic E-state index is 0.0559. The third-order valence-electron chi connectivity index (χ3n) is 3.50. The first-order valence-electron chi connectivity index (χ1n) is 6.26. The van der Waals surface area contributed by atoms with Gasteiger partial charge in [0.1, 0.15) is 0 Å². The van der Waals surface area contributed by atoms with Crippen molar-refractivity contribution in [2.24, 2.45) is 0 Å². The number of alkyl halides is 1. The average Bonchev–Trinajstić information content (AvgIpc) is 2.40. The van der Waals surface area contributed by atoms with Gasteiger partial charge in [-0.1, -0.05) is 17.7 Å². The van der Waals surface area contributed by atoms with E-state index in [0.717, 1.165) is 31.4 Å². The Bertz CT molecular complexity index is 447. The van der Waals surface area contributed by atoms with Crippen LogP contribution in [0.4, 0.5) is 0 Å². The van der Waals surface area contributed by atoms with E-state index in [0.29, 0.717) is 16.5 Å². The molecular formula is C14H17Cl2NO. The number of aryl methyl sites for hydroxylation is 1. The normalized spacial score (nSPS) is 19.9. The summed E-state index contributed by atoms with van der Waals surface area (Å²) < 4.78 is 0. The van der Waals surface area contributed by atoms with E-state index in [1.54, 1.807) is 6.07 Å². The Labute approximate surface area is 118 Å². The largest absolute Gasteiger partial charge is 0.334 e. The van der Waals surface area contributed by atoms with Crippen LogP contribution < -0.4 is 0 Å². The SMILES string of the molecule is Cc1ccc(Cl)cc1C(=O)N1CCCCC1CCl. The van der Waals surface area contributed by atoms with Crippen molar-refractivity contribution in [1.82, 2.24) is 4.90 Å². The highest BCUT2D eigenvalue weighted by molar-refractivity contribution is 6.31. The second kappa shape index (κ2) is 5.94. The summed E-state index contributed by atoms with van der Waals surface area (Å²) in [6.45, 7) is 2.73. The summed E-state index contributed by atoms with van der Waals surface area (Å²) in [6, 6.07) is 5.60. The van der Waals surface area contributed by atoms with Crippen molar-refractivity contribution in [2.45, 2.75) is 32.2 Å². The van der Waals surface area contributed by atoms with Crippen LogP contribution in [0.15, 0.2) is 18.2 Å². The van der Waals surface area contributed by atoms with Crippen LogP contribution in [0.1, 0.15) is 35.2 Å². The predicted molar refractivity (Wildman–Crippen MR) is 75.6 cm³/mol. The number of halogens is 2. The highest BCUT2D eigenvalue weighted by atomic mass is 35.5. The molecule has 98 valence electrons. The lowest BCUT2D eigenvalue weighted by Gasteiger charge is -2.35. The monoisotopic (exact) mass is 285 g/mol. The van der Waals surface area contributed by atoms with Gasteiger partial charge >= 0.3 is 0 Å². The van der Waals surface area contributed by atoms with E-state index in [-0.39, 0.29) is 11.9 Å². The van der Waals surface area contributed by atoms with Gasteiger partial charge in [-0.3, -0.25) is 4.79 Å². The fourth-order valence-corrected chi connectivity index (χ4v) is 2.90. The first-order chi connectivity index (χ1) is 8.63. The Morgan fingerprint density at radius 2 is 2.22 bits per heavy atom. The zero-order chi connectivity index (χ0) is 13.1. The van der Waals surface area contributed by atoms with Crippen molar-refractivity contribution in [2.75, 3.05) is 12.4 Å². The fourth-order valence-electron chi connectivity index (χ4n) is 2.41. The number of piperidine rings is 1. The molecule has 0 spiro atoms. The van der Waals surface area contributed by atoms with E-state index in [9.17, 15) is 4.79 Å². The van der Waals surface area contributed by atoms with E-state index >= 15 is 0 Å². The van der Waals surface area contributed by atoms with Gasteiger partial charge in [-0.2, -0.15) is 0 Å². The van der Waals surface area contributed by atoms with E-state index < -0.39 is 0 Å². The van der Waals surface area contributed by atoms with Gasteiger partial charge in [-0.15, -0.1) is 11.6 Å². The van der Waals surface area contributed by atoms with Crippen LogP contribution in [0.2, 0.25) is 5.02 Å². The number of hydrogen-bond donors (Lipinski definition) is 0. The summed E-state index contributed by atoms with van der Waals surface area (Å²) >= 11 is 11.9. The Balaban J connectivity index is 2.26. The van der Waals surface area contributed by atoms with E-state index in [4.69, 9.17) is 23.2 Å². The number of rotatable bonds is 2. The average molecular weight is 286 g/mol. The van der Waals surface area contributed by atoms with Gasteiger partial charge in [-0.25, -0.2) is 0 Å². The summed E-state index contributed by atoms with van der Waals surface area (Å²) in [6.07, 6.45) is 3.20. The molecule has 0 N–H and O–H groups in total. The van der Waals surface area contributed by atoms with Gasteiger partial charge in [0.2, 0.25) is 0 Å². The fraction of sp³-hybridized carbons (Fsp3) is 0.500. The molecule has 2 nitrogen and oxygen atoms in total. The molecule has 0 aliphatic carbocycles. The minimum Gasteiger partial charge on any atom is -0.334 e. The van der Waals surface area contributed by atoms with Crippen LogP contribution in [0.3, 0.4) is 0 Å². The molecule has 1 fully saturated rings. The Morgan fingerprint density at radius 3 is 2.94 bits per heavy atom. The van der Waals surface area contributed by atoms with Gasteiger partial charge < -0.3 is 4.90 Å². The number of likely N-dealkylation sites (tertiary alicyclic amines) is 1. The number of benzene rings is 1. The standard InChI is InChI=1S/C14H17Cl2NO/c1-10-5-6-11(16)8-13(10)14(18)17-7-3-2-4-12(17)9-15/h5-6,8,12H,2-4,7,9H2,1H3. The zero-order valence-corrected chi connectivity index (χ0v) is 12.0. The number of nitrogens with zero attached hydrogens (tertiary/aromatic N) is 1. The van der Waals surface area contributed by atoms with Crippen molar-refractivity contribution in [1.29, 1.82) is 0 Å². The second-order valence-corrected chi connectivity index (χ2v) is 5.51. The molecule has 1 aromatic carbocycles. The summed E-state index contributed by atoms with van der Waals surface area (Å²) in [7, 11) is 0.